The summed E-state index contributed by atoms with van der Waals surface area (Å²) < 4.78 is 101. The molecule has 0 unspecified atom stereocenters. The molecular formula is C31H36F6N4O6. The molecule has 1 aromatic heterocycles. The van der Waals surface area contributed by atoms with Gasteiger partial charge in [0.25, 0.3) is 11.8 Å². The van der Waals surface area contributed by atoms with Crippen molar-refractivity contribution in [3.63, 3.8) is 0 Å². The molecule has 3 N–H and O–H groups in total. The smallest absolute Gasteiger partial charge is 0.426 e. The maximum Gasteiger partial charge on any atom is 0.426 e. The number of alkyl halides is 6. The van der Waals surface area contributed by atoms with Gasteiger partial charge in [-0.25, -0.2) is 9.78 Å². The summed E-state index contributed by atoms with van der Waals surface area (Å²) in [5, 5.41) is 1.99. The predicted molar refractivity (Wildman–Crippen MR) is 159 cm³/mol. The van der Waals surface area contributed by atoms with Crippen LogP contribution in [0.4, 0.5) is 36.8 Å². The molecular weight excluding hydrogens is 638 g/mol. The van der Waals surface area contributed by atoms with Crippen LogP contribution in [-0.4, -0.2) is 46.4 Å². The van der Waals surface area contributed by atoms with E-state index >= 15 is 0 Å². The van der Waals surface area contributed by atoms with Gasteiger partial charge >= 0.3 is 18.4 Å². The Morgan fingerprint density at radius 2 is 1.62 bits per heavy atom. The molecule has 2 atom stereocenters. The van der Waals surface area contributed by atoms with E-state index in [1.54, 1.807) is 29.1 Å². The molecule has 0 saturated heterocycles. The molecule has 0 radical (unpaired) electrons. The highest BCUT2D eigenvalue weighted by Crippen LogP contribution is 2.40. The molecule has 10 nitrogen and oxygen atoms in total. The number of nitrogens with zero attached hydrogens (tertiary/aromatic N) is 1. The van der Waals surface area contributed by atoms with Crippen molar-refractivity contribution in [1.82, 2.24) is 15.8 Å². The number of allylic oxidation sites excluding steroid dienone is 1. The summed E-state index contributed by atoms with van der Waals surface area (Å²) in [6, 6.07) is 8.01. The zero-order valence-corrected chi connectivity index (χ0v) is 26.1. The lowest BCUT2D eigenvalue weighted by molar-refractivity contribution is -0.273. The second-order valence-corrected chi connectivity index (χ2v) is 11.1. The Hall–Kier alpha value is -4.60. The molecule has 0 aliphatic heterocycles. The Kier molecular flexibility index (Phi) is 13.0. The van der Waals surface area contributed by atoms with Crippen molar-refractivity contribution in [1.29, 1.82) is 0 Å². The molecule has 1 aromatic carbocycles. The lowest BCUT2D eigenvalue weighted by atomic mass is 9.95. The SMILES string of the molecule is C=CCC[C@@](OCc1ccccc1)(C(=O)NNC(=O)c1nc(O[C@H](C)CC=C)c(C(F)(F)F)cc1NC(=O)OC(C)(C)C)C(F)(F)F. The van der Waals surface area contributed by atoms with Crippen LogP contribution in [0.25, 0.3) is 0 Å². The Morgan fingerprint density at radius 1 is 0.979 bits per heavy atom. The second kappa shape index (κ2) is 15.8. The van der Waals surface area contributed by atoms with E-state index in [0.29, 0.717) is 11.6 Å². The minimum atomic E-state index is -5.31. The predicted octanol–water partition coefficient (Wildman–Crippen LogP) is 7.04. The molecule has 1 heterocycles. The van der Waals surface area contributed by atoms with Crippen LogP contribution in [0.2, 0.25) is 0 Å². The molecule has 0 saturated carbocycles. The zero-order valence-electron chi connectivity index (χ0n) is 26.1. The number of rotatable bonds is 13. The fourth-order valence-corrected chi connectivity index (χ4v) is 3.91. The van der Waals surface area contributed by atoms with Gasteiger partial charge in [-0.2, -0.15) is 26.3 Å². The molecule has 47 heavy (non-hydrogen) atoms. The van der Waals surface area contributed by atoms with Gasteiger partial charge in [0.05, 0.1) is 12.3 Å². The summed E-state index contributed by atoms with van der Waals surface area (Å²) >= 11 is 0. The highest BCUT2D eigenvalue weighted by molar-refractivity contribution is 6.02. The fraction of sp³-hybridized carbons (Fsp3) is 0.419. The van der Waals surface area contributed by atoms with Gasteiger partial charge < -0.3 is 14.2 Å². The molecule has 2 rings (SSSR count). The minimum absolute atomic E-state index is 0.0711. The number of aromatic nitrogens is 1. The van der Waals surface area contributed by atoms with E-state index in [1.807, 2.05) is 5.32 Å². The van der Waals surface area contributed by atoms with Crippen molar-refractivity contribution in [2.24, 2.45) is 0 Å². The maximum atomic E-state index is 14.5. The summed E-state index contributed by atoms with van der Waals surface area (Å²) in [4.78, 5) is 42.5. The number of halogens is 6. The summed E-state index contributed by atoms with van der Waals surface area (Å²) in [5.41, 5.74) is -4.24. The highest BCUT2D eigenvalue weighted by Gasteiger charge is 2.61. The first-order valence-electron chi connectivity index (χ1n) is 14.1. The molecule has 2 aromatic rings. The third-order valence-corrected chi connectivity index (χ3v) is 6.10. The number of amides is 3. The van der Waals surface area contributed by atoms with E-state index in [-0.39, 0.29) is 12.8 Å². The van der Waals surface area contributed by atoms with Gasteiger partial charge in [0.1, 0.15) is 17.3 Å². The summed E-state index contributed by atoms with van der Waals surface area (Å²) in [6.07, 6.45) is -11.3. The number of hydrazine groups is 1. The first-order chi connectivity index (χ1) is 21.7. The first-order valence-corrected chi connectivity index (χ1v) is 14.1. The van der Waals surface area contributed by atoms with Crippen molar-refractivity contribution in [3.05, 3.63) is 78.5 Å². The van der Waals surface area contributed by atoms with Gasteiger partial charge in [0.15, 0.2) is 5.69 Å². The number of anilines is 1. The average molecular weight is 675 g/mol. The summed E-state index contributed by atoms with van der Waals surface area (Å²) in [6.45, 7) is 12.0. The number of carbonyl (C=O) groups is 3. The fourth-order valence-electron chi connectivity index (χ4n) is 3.91. The van der Waals surface area contributed by atoms with E-state index in [9.17, 15) is 40.7 Å². The van der Waals surface area contributed by atoms with Crippen molar-refractivity contribution in [2.45, 2.75) is 83.2 Å². The number of carbonyl (C=O) groups excluding carboxylic acids is 3. The van der Waals surface area contributed by atoms with E-state index in [2.05, 4.69) is 18.1 Å². The number of hydrogen-bond acceptors (Lipinski definition) is 7. The minimum Gasteiger partial charge on any atom is -0.474 e. The molecule has 3 amide bonds. The van der Waals surface area contributed by atoms with E-state index in [4.69, 9.17) is 14.2 Å². The summed E-state index contributed by atoms with van der Waals surface area (Å²) in [7, 11) is 0. The van der Waals surface area contributed by atoms with Crippen LogP contribution in [0.15, 0.2) is 61.7 Å². The second-order valence-electron chi connectivity index (χ2n) is 11.1. The summed E-state index contributed by atoms with van der Waals surface area (Å²) in [5.74, 6) is -4.44. The molecule has 0 spiro atoms. The number of benzene rings is 1. The largest absolute Gasteiger partial charge is 0.474 e. The van der Waals surface area contributed by atoms with Gasteiger partial charge in [-0.05, 0) is 52.2 Å². The molecule has 0 bridgehead atoms. The van der Waals surface area contributed by atoms with Crippen molar-refractivity contribution in [3.8, 4) is 5.88 Å². The van der Waals surface area contributed by atoms with Crippen LogP contribution in [0, 0.1) is 0 Å². The third kappa shape index (κ3) is 11.0. The van der Waals surface area contributed by atoms with Crippen molar-refractivity contribution >= 4 is 23.6 Å². The van der Waals surface area contributed by atoms with Gasteiger partial charge in [-0.15, -0.1) is 13.2 Å². The zero-order chi connectivity index (χ0) is 35.6. The highest BCUT2D eigenvalue weighted by atomic mass is 19.4. The van der Waals surface area contributed by atoms with Crippen molar-refractivity contribution < 1.29 is 54.9 Å². The number of nitrogens with one attached hydrogen (secondary N) is 3. The topological polar surface area (TPSA) is 128 Å². The average Bonchev–Trinajstić information content (AvgIpc) is 2.95. The lowest BCUT2D eigenvalue weighted by Gasteiger charge is -2.34. The standard InChI is InChI=1S/C31H36F6N4O6/c1-7-9-16-29(31(35,36)37,45-18-20-14-11-10-12-15-20)26(43)41-40-24(42)23-22(38-27(44)47-28(4,5)6)17-21(30(32,33)34)25(39-23)46-19(3)13-8-2/h7-8,10-12,14-15,17,19H,1-2,9,13,16,18H2,3-6H3,(H,38,44)(H,40,42)(H,41,43)/t19-,29-/m1/s1. The number of hydrogen-bond donors (Lipinski definition) is 3. The van der Waals surface area contributed by atoms with Crippen molar-refractivity contribution in [2.75, 3.05) is 5.32 Å². The lowest BCUT2D eigenvalue weighted by Crippen LogP contribution is -2.61. The van der Waals surface area contributed by atoms with E-state index < -0.39 is 83.4 Å². The first kappa shape index (κ1) is 38.6. The third-order valence-electron chi connectivity index (χ3n) is 6.10. The van der Waals surface area contributed by atoms with E-state index in [0.717, 1.165) is 6.08 Å². The Balaban J connectivity index is 2.54. The van der Waals surface area contributed by atoms with Gasteiger partial charge in [-0.3, -0.25) is 25.8 Å². The van der Waals surface area contributed by atoms with Gasteiger partial charge in [-0.1, -0.05) is 42.5 Å². The monoisotopic (exact) mass is 674 g/mol. The van der Waals surface area contributed by atoms with Crippen LogP contribution in [0.3, 0.4) is 0 Å². The quantitative estimate of drug-likeness (QED) is 0.118. The molecule has 16 heteroatoms. The molecule has 0 aliphatic carbocycles. The van der Waals surface area contributed by atoms with Gasteiger partial charge in [0, 0.05) is 6.42 Å². The van der Waals surface area contributed by atoms with E-state index in [1.165, 1.54) is 45.9 Å². The van der Waals surface area contributed by atoms with Crippen LogP contribution in [-0.2, 0) is 27.1 Å². The van der Waals surface area contributed by atoms with Crippen LogP contribution >= 0.6 is 0 Å². The Labute approximate surface area is 267 Å². The number of ether oxygens (including phenoxy) is 3. The van der Waals surface area contributed by atoms with Crippen LogP contribution in [0.1, 0.15) is 68.6 Å². The Bertz CT molecular complexity index is 1430. The number of pyridine rings is 1. The normalized spacial score (nSPS) is 13.8. The van der Waals surface area contributed by atoms with Crippen LogP contribution in [0.5, 0.6) is 5.88 Å². The maximum absolute atomic E-state index is 14.5. The molecule has 0 aliphatic rings. The van der Waals surface area contributed by atoms with Gasteiger partial charge in [0.2, 0.25) is 11.5 Å². The van der Waals surface area contributed by atoms with Crippen LogP contribution < -0.4 is 20.9 Å². The molecule has 258 valence electrons. The Morgan fingerprint density at radius 3 is 2.15 bits per heavy atom. The molecule has 0 fully saturated rings.